The molecular weight excluding hydrogens is 228 g/mol. The van der Waals surface area contributed by atoms with Crippen molar-refractivity contribution in [3.8, 4) is 17.3 Å². The number of hydrogen-bond donors (Lipinski definition) is 2. The predicted molar refractivity (Wildman–Crippen MR) is 70.8 cm³/mol. The number of benzene rings is 1. The summed E-state index contributed by atoms with van der Waals surface area (Å²) in [6.45, 7) is 5.73. The second kappa shape index (κ2) is 4.64. The summed E-state index contributed by atoms with van der Waals surface area (Å²) >= 11 is 0. The molecule has 0 atom stereocenters. The van der Waals surface area contributed by atoms with E-state index in [0.717, 1.165) is 16.7 Å². The van der Waals surface area contributed by atoms with Crippen LogP contribution in [0.1, 0.15) is 23.6 Å². The van der Waals surface area contributed by atoms with Crippen LogP contribution < -0.4 is 5.56 Å². The van der Waals surface area contributed by atoms with Crippen LogP contribution in [0.2, 0.25) is 0 Å². The Morgan fingerprint density at radius 1 is 1.33 bits per heavy atom. The van der Waals surface area contributed by atoms with E-state index in [1.807, 2.05) is 39.0 Å². The van der Waals surface area contributed by atoms with Gasteiger partial charge in [0.2, 0.25) is 5.88 Å². The van der Waals surface area contributed by atoms with Crippen molar-refractivity contribution >= 4 is 0 Å². The molecule has 2 N–H and O–H groups in total. The van der Waals surface area contributed by atoms with Crippen LogP contribution in [0.3, 0.4) is 0 Å². The van der Waals surface area contributed by atoms with Crippen molar-refractivity contribution in [1.82, 2.24) is 9.97 Å². The van der Waals surface area contributed by atoms with Gasteiger partial charge in [-0.3, -0.25) is 4.79 Å². The molecule has 0 bridgehead atoms. The van der Waals surface area contributed by atoms with Gasteiger partial charge in [0.1, 0.15) is 5.82 Å². The van der Waals surface area contributed by atoms with Crippen molar-refractivity contribution in [3.05, 3.63) is 45.2 Å². The molecule has 0 radical (unpaired) electrons. The van der Waals surface area contributed by atoms with Gasteiger partial charge in [0, 0.05) is 5.56 Å². The fourth-order valence-corrected chi connectivity index (χ4v) is 1.92. The maximum atomic E-state index is 11.8. The normalized spacial score (nSPS) is 10.6. The highest BCUT2D eigenvalue weighted by Crippen LogP contribution is 2.22. The molecule has 1 aromatic heterocycles. The molecule has 0 spiro atoms. The Morgan fingerprint density at radius 3 is 2.67 bits per heavy atom. The summed E-state index contributed by atoms with van der Waals surface area (Å²) in [6, 6.07) is 5.91. The van der Waals surface area contributed by atoms with E-state index in [2.05, 4.69) is 9.97 Å². The van der Waals surface area contributed by atoms with Crippen molar-refractivity contribution in [3.63, 3.8) is 0 Å². The Morgan fingerprint density at radius 2 is 2.06 bits per heavy atom. The van der Waals surface area contributed by atoms with Crippen LogP contribution >= 0.6 is 0 Å². The van der Waals surface area contributed by atoms with E-state index >= 15 is 0 Å². The molecule has 0 saturated carbocycles. The predicted octanol–water partition coefficient (Wildman–Crippen LogP) is 2.32. The summed E-state index contributed by atoms with van der Waals surface area (Å²) < 4.78 is 0. The minimum Gasteiger partial charge on any atom is -0.493 e. The van der Waals surface area contributed by atoms with Crippen molar-refractivity contribution < 1.29 is 5.11 Å². The molecule has 0 unspecified atom stereocenters. The molecule has 0 amide bonds. The summed E-state index contributed by atoms with van der Waals surface area (Å²) in [4.78, 5) is 18.6. The lowest BCUT2D eigenvalue weighted by Crippen LogP contribution is -2.14. The minimum atomic E-state index is -0.277. The lowest BCUT2D eigenvalue weighted by molar-refractivity contribution is 0.444. The first-order chi connectivity index (χ1) is 8.52. The molecule has 18 heavy (non-hydrogen) atoms. The van der Waals surface area contributed by atoms with Crippen LogP contribution in [0.15, 0.2) is 23.0 Å². The molecule has 0 aliphatic heterocycles. The largest absolute Gasteiger partial charge is 0.493 e. The Labute approximate surface area is 105 Å². The fourth-order valence-electron chi connectivity index (χ4n) is 1.92. The average Bonchev–Trinajstić information content (AvgIpc) is 2.32. The van der Waals surface area contributed by atoms with Crippen LogP contribution in [-0.4, -0.2) is 15.1 Å². The first-order valence-electron chi connectivity index (χ1n) is 5.92. The van der Waals surface area contributed by atoms with E-state index in [9.17, 15) is 9.90 Å². The second-order valence-corrected chi connectivity index (χ2v) is 4.39. The van der Waals surface area contributed by atoms with Gasteiger partial charge >= 0.3 is 0 Å². The van der Waals surface area contributed by atoms with Gasteiger partial charge in [0.15, 0.2) is 0 Å². The number of aromatic amines is 1. The highest BCUT2D eigenvalue weighted by molar-refractivity contribution is 5.61. The van der Waals surface area contributed by atoms with E-state index in [1.54, 1.807) is 0 Å². The van der Waals surface area contributed by atoms with Crippen LogP contribution in [0.4, 0.5) is 0 Å². The molecule has 0 saturated heterocycles. The zero-order chi connectivity index (χ0) is 13.3. The van der Waals surface area contributed by atoms with Crippen LogP contribution in [0.5, 0.6) is 5.88 Å². The average molecular weight is 244 g/mol. The molecule has 2 aromatic rings. The Kier molecular flexibility index (Phi) is 3.19. The molecule has 0 aliphatic rings. The number of hydrogen-bond acceptors (Lipinski definition) is 3. The van der Waals surface area contributed by atoms with E-state index < -0.39 is 0 Å². The smallest absolute Gasteiger partial charge is 0.258 e. The number of nitrogens with one attached hydrogen (secondary N) is 1. The Bertz CT molecular complexity index is 645. The zero-order valence-electron chi connectivity index (χ0n) is 10.7. The molecule has 2 rings (SSSR count). The van der Waals surface area contributed by atoms with Gasteiger partial charge in [-0.25, -0.2) is 0 Å². The number of nitrogens with zero attached hydrogens (tertiary/aromatic N) is 1. The third kappa shape index (κ3) is 2.14. The summed E-state index contributed by atoms with van der Waals surface area (Å²) in [5, 5.41) is 9.76. The van der Waals surface area contributed by atoms with Gasteiger partial charge in [0.05, 0.1) is 5.56 Å². The van der Waals surface area contributed by atoms with E-state index in [4.69, 9.17) is 0 Å². The SMILES string of the molecule is CCc1c(O)nc(-c2cc(C)ccc2C)[nH]c1=O. The topological polar surface area (TPSA) is 66.0 Å². The highest BCUT2D eigenvalue weighted by Gasteiger charge is 2.11. The van der Waals surface area contributed by atoms with E-state index in [1.165, 1.54) is 0 Å². The van der Waals surface area contributed by atoms with Gasteiger partial charge in [0.25, 0.3) is 5.56 Å². The summed E-state index contributed by atoms with van der Waals surface area (Å²) in [5.41, 5.74) is 2.97. The number of H-pyrrole nitrogens is 1. The first kappa shape index (κ1) is 12.4. The van der Waals surface area contributed by atoms with Crippen LogP contribution in [-0.2, 0) is 6.42 Å². The maximum Gasteiger partial charge on any atom is 0.258 e. The van der Waals surface area contributed by atoms with Crippen LogP contribution in [0.25, 0.3) is 11.4 Å². The molecule has 0 aliphatic carbocycles. The minimum absolute atomic E-state index is 0.183. The molecule has 1 heterocycles. The second-order valence-electron chi connectivity index (χ2n) is 4.39. The molecule has 4 heteroatoms. The Balaban J connectivity index is 2.65. The van der Waals surface area contributed by atoms with Gasteiger partial charge in [-0.2, -0.15) is 4.98 Å². The molecule has 4 nitrogen and oxygen atoms in total. The summed E-state index contributed by atoms with van der Waals surface area (Å²) in [6.07, 6.45) is 0.460. The van der Waals surface area contributed by atoms with Crippen LogP contribution in [0, 0.1) is 13.8 Å². The molecule has 94 valence electrons. The van der Waals surface area contributed by atoms with Gasteiger partial charge in [-0.05, 0) is 31.9 Å². The van der Waals surface area contributed by atoms with Gasteiger partial charge in [-0.15, -0.1) is 0 Å². The van der Waals surface area contributed by atoms with Gasteiger partial charge < -0.3 is 10.1 Å². The monoisotopic (exact) mass is 244 g/mol. The summed E-state index contributed by atoms with van der Waals surface area (Å²) in [5.74, 6) is 0.230. The quantitative estimate of drug-likeness (QED) is 0.852. The van der Waals surface area contributed by atoms with Gasteiger partial charge in [-0.1, -0.05) is 24.6 Å². The molecule has 1 aromatic carbocycles. The first-order valence-corrected chi connectivity index (χ1v) is 5.92. The summed E-state index contributed by atoms with van der Waals surface area (Å²) in [7, 11) is 0. The van der Waals surface area contributed by atoms with E-state index in [-0.39, 0.29) is 11.4 Å². The lowest BCUT2D eigenvalue weighted by atomic mass is 10.0. The third-order valence-electron chi connectivity index (χ3n) is 3.00. The zero-order valence-corrected chi connectivity index (χ0v) is 10.7. The lowest BCUT2D eigenvalue weighted by Gasteiger charge is -2.08. The maximum absolute atomic E-state index is 11.8. The third-order valence-corrected chi connectivity index (χ3v) is 3.00. The Hall–Kier alpha value is -2.10. The number of aromatic nitrogens is 2. The molecular formula is C14H16N2O2. The number of aromatic hydroxyl groups is 1. The van der Waals surface area contributed by atoms with Crippen molar-refractivity contribution in [2.45, 2.75) is 27.2 Å². The van der Waals surface area contributed by atoms with E-state index in [0.29, 0.717) is 17.8 Å². The number of rotatable bonds is 2. The van der Waals surface area contributed by atoms with Crippen molar-refractivity contribution in [2.75, 3.05) is 0 Å². The molecule has 0 fully saturated rings. The standard InChI is InChI=1S/C14H16N2O2/c1-4-10-13(17)15-12(16-14(10)18)11-7-8(2)5-6-9(11)3/h5-7H,4H2,1-3H3,(H2,15,16,17,18). The van der Waals surface area contributed by atoms with Crippen molar-refractivity contribution in [1.29, 1.82) is 0 Å². The highest BCUT2D eigenvalue weighted by atomic mass is 16.3. The fraction of sp³-hybridized carbons (Fsp3) is 0.286. The van der Waals surface area contributed by atoms with Crippen molar-refractivity contribution in [2.24, 2.45) is 0 Å². The number of aryl methyl sites for hydroxylation is 2.